The van der Waals surface area contributed by atoms with Crippen LogP contribution in [0.15, 0.2) is 90.1 Å². The Morgan fingerprint density at radius 3 is 2.20 bits per heavy atom. The number of hydrogen-bond acceptors (Lipinski definition) is 3. The Balaban J connectivity index is 1.90. The Labute approximate surface area is 243 Å². The number of imidazole rings is 1. The first-order chi connectivity index (χ1) is 18.9. The standard InChI is InChI=1S/C32H30Cl2N4O2/c1-31(2,3)30(40)36-32(28-18-35-19-37(28)4,21-9-12-23(33)13-10-21)22-11-14-27-26(16-22)25(17-29(39)38(27)5)20-7-6-8-24(34)15-20/h6-19H,1-5H3,(H,36,40)/t32-/m1/s1. The predicted octanol–water partition coefficient (Wildman–Crippen LogP) is 6.70. The molecule has 0 saturated carbocycles. The summed E-state index contributed by atoms with van der Waals surface area (Å²) in [6, 6.07) is 22.4. The lowest BCUT2D eigenvalue weighted by Crippen LogP contribution is -2.52. The summed E-state index contributed by atoms with van der Waals surface area (Å²) in [5, 5.41) is 5.39. The minimum Gasteiger partial charge on any atom is -0.337 e. The number of carbonyl (C=O) groups excluding carboxylic acids is 1. The van der Waals surface area contributed by atoms with Gasteiger partial charge in [-0.1, -0.05) is 74.3 Å². The van der Waals surface area contributed by atoms with Crippen LogP contribution in [0.1, 0.15) is 37.6 Å². The average Bonchev–Trinajstić information content (AvgIpc) is 3.35. The van der Waals surface area contributed by atoms with Gasteiger partial charge in [-0.3, -0.25) is 9.59 Å². The SMILES string of the molecule is Cn1cncc1[C@@](NC(=O)C(C)(C)C)(c1ccc(Cl)cc1)c1ccc2c(c1)c(-c1cccc(Cl)c1)cc(=O)n2C. The molecule has 40 heavy (non-hydrogen) atoms. The van der Waals surface area contributed by atoms with E-state index in [-0.39, 0.29) is 11.5 Å². The predicted molar refractivity (Wildman–Crippen MR) is 162 cm³/mol. The van der Waals surface area contributed by atoms with Crippen LogP contribution in [0, 0.1) is 5.41 Å². The van der Waals surface area contributed by atoms with Crippen LogP contribution in [-0.4, -0.2) is 20.0 Å². The molecule has 0 unspecified atom stereocenters. The van der Waals surface area contributed by atoms with Crippen molar-refractivity contribution in [3.05, 3.63) is 123 Å². The van der Waals surface area contributed by atoms with Crippen LogP contribution in [0.4, 0.5) is 0 Å². The number of fused-ring (bicyclic) bond motifs is 1. The number of benzene rings is 3. The second-order valence-electron chi connectivity index (χ2n) is 11.0. The summed E-state index contributed by atoms with van der Waals surface area (Å²) in [5.74, 6) is -0.140. The molecule has 8 heteroatoms. The number of rotatable bonds is 5. The fourth-order valence-electron chi connectivity index (χ4n) is 5.04. The summed E-state index contributed by atoms with van der Waals surface area (Å²) in [5.41, 5.74) is 2.76. The van der Waals surface area contributed by atoms with E-state index in [0.717, 1.165) is 38.9 Å². The molecule has 5 aromatic rings. The van der Waals surface area contributed by atoms with Gasteiger partial charge in [0.25, 0.3) is 5.56 Å². The van der Waals surface area contributed by atoms with Crippen molar-refractivity contribution in [3.63, 3.8) is 0 Å². The van der Waals surface area contributed by atoms with Gasteiger partial charge in [-0.25, -0.2) is 4.98 Å². The molecule has 0 fully saturated rings. The van der Waals surface area contributed by atoms with Gasteiger partial charge in [-0.05, 0) is 58.7 Å². The first-order valence-corrected chi connectivity index (χ1v) is 13.6. The molecule has 0 spiro atoms. The zero-order valence-electron chi connectivity index (χ0n) is 23.0. The van der Waals surface area contributed by atoms with Crippen LogP contribution in [0.2, 0.25) is 10.0 Å². The van der Waals surface area contributed by atoms with Gasteiger partial charge < -0.3 is 14.5 Å². The first-order valence-electron chi connectivity index (χ1n) is 12.9. The number of amides is 1. The van der Waals surface area contributed by atoms with Gasteiger partial charge in [-0.15, -0.1) is 0 Å². The molecule has 2 aromatic heterocycles. The topological polar surface area (TPSA) is 68.9 Å². The third kappa shape index (κ3) is 4.82. The van der Waals surface area contributed by atoms with Crippen molar-refractivity contribution in [3.8, 4) is 11.1 Å². The van der Waals surface area contributed by atoms with E-state index in [2.05, 4.69) is 10.3 Å². The van der Waals surface area contributed by atoms with E-state index >= 15 is 0 Å². The maximum absolute atomic E-state index is 13.8. The largest absolute Gasteiger partial charge is 0.337 e. The lowest BCUT2D eigenvalue weighted by molar-refractivity contribution is -0.129. The zero-order chi connectivity index (χ0) is 28.8. The Morgan fingerprint density at radius 1 is 0.875 bits per heavy atom. The summed E-state index contributed by atoms with van der Waals surface area (Å²) in [7, 11) is 3.65. The number of nitrogens with one attached hydrogen (secondary N) is 1. The zero-order valence-corrected chi connectivity index (χ0v) is 24.5. The summed E-state index contributed by atoms with van der Waals surface area (Å²) in [6.45, 7) is 5.64. The number of aromatic nitrogens is 3. The molecule has 5 rings (SSSR count). The van der Waals surface area contributed by atoms with Crippen molar-refractivity contribution in [2.75, 3.05) is 0 Å². The molecule has 0 saturated heterocycles. The molecule has 204 valence electrons. The molecule has 1 amide bonds. The average molecular weight is 574 g/mol. The maximum Gasteiger partial charge on any atom is 0.251 e. The Kier molecular flexibility index (Phi) is 7.11. The van der Waals surface area contributed by atoms with E-state index < -0.39 is 11.0 Å². The molecular weight excluding hydrogens is 543 g/mol. The number of nitrogens with zero attached hydrogens (tertiary/aromatic N) is 3. The highest BCUT2D eigenvalue weighted by Gasteiger charge is 2.42. The van der Waals surface area contributed by atoms with Crippen molar-refractivity contribution in [2.45, 2.75) is 26.3 Å². The number of pyridine rings is 1. The summed E-state index contributed by atoms with van der Waals surface area (Å²) in [6.07, 6.45) is 3.48. The van der Waals surface area contributed by atoms with E-state index in [9.17, 15) is 9.59 Å². The molecule has 1 N–H and O–H groups in total. The quantitative estimate of drug-likeness (QED) is 0.255. The molecule has 1 atom stereocenters. The second-order valence-corrected chi connectivity index (χ2v) is 11.9. The van der Waals surface area contributed by atoms with Crippen molar-refractivity contribution in [2.24, 2.45) is 19.5 Å². The van der Waals surface area contributed by atoms with E-state index in [1.807, 2.05) is 93.0 Å². The maximum atomic E-state index is 13.8. The molecule has 0 radical (unpaired) electrons. The van der Waals surface area contributed by atoms with Crippen molar-refractivity contribution < 1.29 is 4.79 Å². The smallest absolute Gasteiger partial charge is 0.251 e. The summed E-state index contributed by atoms with van der Waals surface area (Å²) < 4.78 is 3.52. The van der Waals surface area contributed by atoms with Gasteiger partial charge in [0.2, 0.25) is 5.91 Å². The van der Waals surface area contributed by atoms with E-state index in [1.165, 1.54) is 0 Å². The number of aryl methyl sites for hydroxylation is 2. The normalized spacial score (nSPS) is 13.3. The monoisotopic (exact) mass is 572 g/mol. The molecule has 2 heterocycles. The van der Waals surface area contributed by atoms with Crippen molar-refractivity contribution in [1.82, 2.24) is 19.4 Å². The molecule has 0 bridgehead atoms. The van der Waals surface area contributed by atoms with Crippen molar-refractivity contribution in [1.29, 1.82) is 0 Å². The van der Waals surface area contributed by atoms with Gasteiger partial charge in [0, 0.05) is 41.0 Å². The highest BCUT2D eigenvalue weighted by molar-refractivity contribution is 6.31. The van der Waals surface area contributed by atoms with Crippen LogP contribution in [0.25, 0.3) is 22.0 Å². The van der Waals surface area contributed by atoms with Gasteiger partial charge in [0.15, 0.2) is 0 Å². The lowest BCUT2D eigenvalue weighted by atomic mass is 9.78. The third-order valence-electron chi connectivity index (χ3n) is 7.28. The third-order valence-corrected chi connectivity index (χ3v) is 7.76. The fourth-order valence-corrected chi connectivity index (χ4v) is 5.35. The molecule has 0 aliphatic heterocycles. The summed E-state index contributed by atoms with van der Waals surface area (Å²) in [4.78, 5) is 31.2. The second kappa shape index (κ2) is 10.3. The van der Waals surface area contributed by atoms with Crippen LogP contribution < -0.4 is 10.9 Å². The van der Waals surface area contributed by atoms with Gasteiger partial charge in [0.1, 0.15) is 5.54 Å². The minimum absolute atomic E-state index is 0.133. The van der Waals surface area contributed by atoms with Crippen LogP contribution in [0.5, 0.6) is 0 Å². The minimum atomic E-state index is -1.13. The molecule has 0 aliphatic carbocycles. The van der Waals surface area contributed by atoms with Crippen LogP contribution in [-0.2, 0) is 24.4 Å². The molecule has 6 nitrogen and oxygen atoms in total. The fraction of sp³-hybridized carbons (Fsp3) is 0.219. The number of halogens is 2. The van der Waals surface area contributed by atoms with E-state index in [1.54, 1.807) is 36.3 Å². The lowest BCUT2D eigenvalue weighted by Gasteiger charge is -2.38. The molecule has 3 aromatic carbocycles. The van der Waals surface area contributed by atoms with Crippen molar-refractivity contribution >= 4 is 40.0 Å². The Morgan fingerprint density at radius 2 is 1.57 bits per heavy atom. The summed E-state index contributed by atoms with van der Waals surface area (Å²) >= 11 is 12.7. The Bertz CT molecular complexity index is 1800. The first kappa shape index (κ1) is 27.7. The highest BCUT2D eigenvalue weighted by atomic mass is 35.5. The Hall–Kier alpha value is -3.87. The van der Waals surface area contributed by atoms with Gasteiger partial charge in [-0.2, -0.15) is 0 Å². The van der Waals surface area contributed by atoms with E-state index in [4.69, 9.17) is 23.2 Å². The molecule has 0 aliphatic rings. The number of carbonyl (C=O) groups is 1. The van der Waals surface area contributed by atoms with Gasteiger partial charge >= 0.3 is 0 Å². The highest BCUT2D eigenvalue weighted by Crippen LogP contribution is 2.40. The van der Waals surface area contributed by atoms with Gasteiger partial charge in [0.05, 0.1) is 23.7 Å². The van der Waals surface area contributed by atoms with E-state index in [0.29, 0.717) is 10.0 Å². The molecular formula is C32H30Cl2N4O2. The number of hydrogen-bond donors (Lipinski definition) is 1. The van der Waals surface area contributed by atoms with Crippen LogP contribution >= 0.6 is 23.2 Å². The van der Waals surface area contributed by atoms with Crippen LogP contribution in [0.3, 0.4) is 0 Å².